The Labute approximate surface area is 90.2 Å². The van der Waals surface area contributed by atoms with Gasteiger partial charge < -0.3 is 10.5 Å². The Morgan fingerprint density at radius 2 is 1.87 bits per heavy atom. The number of carbonyl (C=O) groups is 1. The van der Waals surface area contributed by atoms with Gasteiger partial charge in [0.2, 0.25) is 5.91 Å². The molecule has 15 heavy (non-hydrogen) atoms. The number of carbonyl (C=O) groups excluding carboxylic acids is 1. The molecule has 82 valence electrons. The first-order valence-corrected chi connectivity index (χ1v) is 4.99. The summed E-state index contributed by atoms with van der Waals surface area (Å²) >= 11 is 0. The second-order valence-electron chi connectivity index (χ2n) is 3.96. The van der Waals surface area contributed by atoms with Crippen LogP contribution < -0.4 is 10.5 Å². The third-order valence-electron chi connectivity index (χ3n) is 2.15. The standard InChI is InChI=1S/C12H17NO2/c1-7(2)15-11-6-8(3)10(12(13)14)5-9(11)4/h5-7H,1-4H3,(H2,13,14). The minimum atomic E-state index is -0.397. The van der Waals surface area contributed by atoms with E-state index in [1.807, 2.05) is 33.8 Å². The summed E-state index contributed by atoms with van der Waals surface area (Å²) in [6.07, 6.45) is 0.127. The Balaban J connectivity index is 3.13. The number of rotatable bonds is 3. The van der Waals surface area contributed by atoms with Gasteiger partial charge in [0.1, 0.15) is 5.75 Å². The number of aryl methyl sites for hydroxylation is 2. The summed E-state index contributed by atoms with van der Waals surface area (Å²) in [6.45, 7) is 7.70. The zero-order valence-electron chi connectivity index (χ0n) is 9.63. The van der Waals surface area contributed by atoms with E-state index in [2.05, 4.69) is 0 Å². The van der Waals surface area contributed by atoms with Gasteiger partial charge >= 0.3 is 0 Å². The van der Waals surface area contributed by atoms with Crippen molar-refractivity contribution in [2.45, 2.75) is 33.8 Å². The molecule has 3 nitrogen and oxygen atoms in total. The molecule has 1 amide bonds. The summed E-state index contributed by atoms with van der Waals surface area (Å²) in [5.74, 6) is 0.416. The number of hydrogen-bond donors (Lipinski definition) is 1. The van der Waals surface area contributed by atoms with Crippen molar-refractivity contribution in [3.8, 4) is 5.75 Å². The monoisotopic (exact) mass is 207 g/mol. The summed E-state index contributed by atoms with van der Waals surface area (Å²) in [6, 6.07) is 3.63. The Kier molecular flexibility index (Phi) is 3.35. The molecule has 0 bridgehead atoms. The molecule has 3 heteroatoms. The number of benzene rings is 1. The maximum absolute atomic E-state index is 11.1. The highest BCUT2D eigenvalue weighted by molar-refractivity contribution is 5.94. The fraction of sp³-hybridized carbons (Fsp3) is 0.417. The van der Waals surface area contributed by atoms with Crippen molar-refractivity contribution in [1.82, 2.24) is 0 Å². The lowest BCUT2D eigenvalue weighted by Gasteiger charge is -2.14. The van der Waals surface area contributed by atoms with Gasteiger partial charge in [0.05, 0.1) is 6.10 Å². The molecule has 0 aliphatic carbocycles. The van der Waals surface area contributed by atoms with Crippen LogP contribution in [0.5, 0.6) is 5.75 Å². The van der Waals surface area contributed by atoms with Gasteiger partial charge in [-0.3, -0.25) is 4.79 Å². The predicted molar refractivity (Wildman–Crippen MR) is 60.2 cm³/mol. The van der Waals surface area contributed by atoms with Crippen molar-refractivity contribution < 1.29 is 9.53 Å². The van der Waals surface area contributed by atoms with Crippen molar-refractivity contribution >= 4 is 5.91 Å². The van der Waals surface area contributed by atoms with E-state index in [4.69, 9.17) is 10.5 Å². The van der Waals surface area contributed by atoms with Crippen molar-refractivity contribution in [2.75, 3.05) is 0 Å². The molecule has 0 aromatic heterocycles. The van der Waals surface area contributed by atoms with Crippen LogP contribution >= 0.6 is 0 Å². The van der Waals surface area contributed by atoms with E-state index in [9.17, 15) is 4.79 Å². The Hall–Kier alpha value is -1.51. The molecule has 0 radical (unpaired) electrons. The zero-order valence-corrected chi connectivity index (χ0v) is 9.63. The molecule has 0 aliphatic heterocycles. The predicted octanol–water partition coefficient (Wildman–Crippen LogP) is 2.19. The number of nitrogens with two attached hydrogens (primary N) is 1. The Bertz CT molecular complexity index is 383. The van der Waals surface area contributed by atoms with Crippen molar-refractivity contribution in [3.05, 3.63) is 28.8 Å². The maximum Gasteiger partial charge on any atom is 0.248 e. The molecule has 1 rings (SSSR count). The van der Waals surface area contributed by atoms with Crippen LogP contribution in [0.25, 0.3) is 0 Å². The average molecular weight is 207 g/mol. The van der Waals surface area contributed by atoms with E-state index in [0.29, 0.717) is 5.56 Å². The van der Waals surface area contributed by atoms with Crippen LogP contribution in [0, 0.1) is 13.8 Å². The summed E-state index contributed by atoms with van der Waals surface area (Å²) < 4.78 is 5.61. The molecular weight excluding hydrogens is 190 g/mol. The molecule has 0 heterocycles. The first-order chi connectivity index (χ1) is 6.91. The van der Waals surface area contributed by atoms with Gasteiger partial charge in [0.15, 0.2) is 0 Å². The van der Waals surface area contributed by atoms with E-state index in [0.717, 1.165) is 16.9 Å². The molecule has 0 saturated carbocycles. The minimum Gasteiger partial charge on any atom is -0.491 e. The smallest absolute Gasteiger partial charge is 0.248 e. The van der Waals surface area contributed by atoms with Gasteiger partial charge in [-0.1, -0.05) is 0 Å². The van der Waals surface area contributed by atoms with Gasteiger partial charge in [-0.15, -0.1) is 0 Å². The van der Waals surface area contributed by atoms with Gasteiger partial charge in [-0.25, -0.2) is 0 Å². The van der Waals surface area contributed by atoms with Gasteiger partial charge in [-0.05, 0) is 51.0 Å². The molecule has 1 aromatic rings. The molecule has 0 aliphatic rings. The fourth-order valence-corrected chi connectivity index (χ4v) is 1.44. The second kappa shape index (κ2) is 4.34. The van der Waals surface area contributed by atoms with Crippen LogP contribution in [0.1, 0.15) is 35.3 Å². The van der Waals surface area contributed by atoms with Crippen LogP contribution in [0.15, 0.2) is 12.1 Å². The van der Waals surface area contributed by atoms with Crippen LogP contribution in [-0.4, -0.2) is 12.0 Å². The van der Waals surface area contributed by atoms with Gasteiger partial charge in [-0.2, -0.15) is 0 Å². The third-order valence-corrected chi connectivity index (χ3v) is 2.15. The molecule has 0 atom stereocenters. The molecule has 1 aromatic carbocycles. The highest BCUT2D eigenvalue weighted by Gasteiger charge is 2.10. The Morgan fingerprint density at radius 3 is 2.33 bits per heavy atom. The lowest BCUT2D eigenvalue weighted by Crippen LogP contribution is -2.14. The number of amides is 1. The number of ether oxygens (including phenoxy) is 1. The van der Waals surface area contributed by atoms with Gasteiger partial charge in [0, 0.05) is 5.56 Å². The van der Waals surface area contributed by atoms with E-state index < -0.39 is 5.91 Å². The van der Waals surface area contributed by atoms with E-state index >= 15 is 0 Å². The Morgan fingerprint density at radius 1 is 1.27 bits per heavy atom. The molecule has 2 N–H and O–H groups in total. The van der Waals surface area contributed by atoms with Crippen LogP contribution in [-0.2, 0) is 0 Å². The van der Waals surface area contributed by atoms with Crippen LogP contribution in [0.3, 0.4) is 0 Å². The van der Waals surface area contributed by atoms with Crippen molar-refractivity contribution in [3.63, 3.8) is 0 Å². The minimum absolute atomic E-state index is 0.127. The highest BCUT2D eigenvalue weighted by atomic mass is 16.5. The molecule has 0 spiro atoms. The third kappa shape index (κ3) is 2.72. The quantitative estimate of drug-likeness (QED) is 0.826. The normalized spacial score (nSPS) is 10.5. The summed E-state index contributed by atoms with van der Waals surface area (Å²) in [5, 5.41) is 0. The molecular formula is C12H17NO2. The van der Waals surface area contributed by atoms with E-state index in [1.165, 1.54) is 0 Å². The summed E-state index contributed by atoms with van der Waals surface area (Å²) in [5.41, 5.74) is 7.60. The average Bonchev–Trinajstić information content (AvgIpc) is 2.09. The summed E-state index contributed by atoms with van der Waals surface area (Å²) in [7, 11) is 0. The molecule has 0 unspecified atom stereocenters. The first-order valence-electron chi connectivity index (χ1n) is 4.99. The topological polar surface area (TPSA) is 52.3 Å². The first kappa shape index (κ1) is 11.6. The van der Waals surface area contributed by atoms with Crippen molar-refractivity contribution in [2.24, 2.45) is 5.73 Å². The highest BCUT2D eigenvalue weighted by Crippen LogP contribution is 2.23. The molecule has 0 fully saturated rings. The lowest BCUT2D eigenvalue weighted by molar-refractivity contribution is 0.0999. The number of primary amides is 1. The van der Waals surface area contributed by atoms with Crippen LogP contribution in [0.4, 0.5) is 0 Å². The van der Waals surface area contributed by atoms with Crippen molar-refractivity contribution in [1.29, 1.82) is 0 Å². The maximum atomic E-state index is 11.1. The van der Waals surface area contributed by atoms with E-state index in [1.54, 1.807) is 6.07 Å². The SMILES string of the molecule is Cc1cc(C(N)=O)c(C)cc1OC(C)C. The zero-order chi connectivity index (χ0) is 11.6. The van der Waals surface area contributed by atoms with Gasteiger partial charge in [0.25, 0.3) is 0 Å². The second-order valence-corrected chi connectivity index (χ2v) is 3.96. The summed E-state index contributed by atoms with van der Waals surface area (Å²) in [4.78, 5) is 11.1. The van der Waals surface area contributed by atoms with E-state index in [-0.39, 0.29) is 6.10 Å². The lowest BCUT2D eigenvalue weighted by atomic mass is 10.0. The number of hydrogen-bond acceptors (Lipinski definition) is 2. The van der Waals surface area contributed by atoms with Crippen LogP contribution in [0.2, 0.25) is 0 Å². The fourth-order valence-electron chi connectivity index (χ4n) is 1.44. The largest absolute Gasteiger partial charge is 0.491 e. The molecule has 0 saturated heterocycles.